The van der Waals surface area contributed by atoms with E-state index in [4.69, 9.17) is 10.5 Å². The molecule has 0 spiro atoms. The summed E-state index contributed by atoms with van der Waals surface area (Å²) in [6.07, 6.45) is 7.56. The van der Waals surface area contributed by atoms with Gasteiger partial charge in [0.25, 0.3) is 0 Å². The smallest absolute Gasteiger partial charge is 0.119 e. The van der Waals surface area contributed by atoms with Crippen LogP contribution in [0.2, 0.25) is 0 Å². The van der Waals surface area contributed by atoms with Crippen LogP contribution in [0, 0.1) is 0 Å². The Kier molecular flexibility index (Phi) is 7.04. The van der Waals surface area contributed by atoms with E-state index in [1.807, 2.05) is 0 Å². The minimum Gasteiger partial charge on any atom is -0.494 e. The Morgan fingerprint density at radius 3 is 2.71 bits per heavy atom. The molecule has 1 aliphatic heterocycles. The first-order valence-electron chi connectivity index (χ1n) is 8.52. The van der Waals surface area contributed by atoms with Gasteiger partial charge in [-0.2, -0.15) is 0 Å². The second kappa shape index (κ2) is 9.06. The quantitative estimate of drug-likeness (QED) is 0.704. The molecule has 3 heteroatoms. The van der Waals surface area contributed by atoms with Gasteiger partial charge in [0.2, 0.25) is 0 Å². The summed E-state index contributed by atoms with van der Waals surface area (Å²) in [7, 11) is 0. The number of ether oxygens (including phenoxy) is 1. The molecular formula is C18H30N2O. The monoisotopic (exact) mass is 290 g/mol. The van der Waals surface area contributed by atoms with E-state index in [1.165, 1.54) is 50.8 Å². The molecule has 1 fully saturated rings. The molecule has 1 aliphatic rings. The van der Waals surface area contributed by atoms with Crippen molar-refractivity contribution in [2.75, 3.05) is 26.2 Å². The van der Waals surface area contributed by atoms with E-state index in [0.717, 1.165) is 18.8 Å². The van der Waals surface area contributed by atoms with Crippen LogP contribution >= 0.6 is 0 Å². The highest BCUT2D eigenvalue weighted by molar-refractivity contribution is 5.31. The highest BCUT2D eigenvalue weighted by atomic mass is 16.5. The Bertz CT molecular complexity index is 402. The number of benzene rings is 1. The van der Waals surface area contributed by atoms with Gasteiger partial charge in [-0.25, -0.2) is 0 Å². The van der Waals surface area contributed by atoms with Crippen molar-refractivity contribution in [3.05, 3.63) is 29.8 Å². The van der Waals surface area contributed by atoms with E-state index in [2.05, 4.69) is 36.1 Å². The minimum absolute atomic E-state index is 0.344. The van der Waals surface area contributed by atoms with Crippen LogP contribution in [0.3, 0.4) is 0 Å². The first-order valence-corrected chi connectivity index (χ1v) is 8.52. The van der Waals surface area contributed by atoms with E-state index in [9.17, 15) is 0 Å². The summed E-state index contributed by atoms with van der Waals surface area (Å²) in [5.74, 6) is 0.988. The van der Waals surface area contributed by atoms with Crippen molar-refractivity contribution in [1.29, 1.82) is 0 Å². The van der Waals surface area contributed by atoms with Crippen LogP contribution in [0.5, 0.6) is 5.75 Å². The van der Waals surface area contributed by atoms with Gasteiger partial charge in [-0.3, -0.25) is 4.90 Å². The van der Waals surface area contributed by atoms with Crippen molar-refractivity contribution in [2.45, 2.75) is 51.5 Å². The first kappa shape index (κ1) is 16.3. The fourth-order valence-corrected chi connectivity index (χ4v) is 3.08. The minimum atomic E-state index is 0.344. The molecule has 0 aliphatic carbocycles. The van der Waals surface area contributed by atoms with Gasteiger partial charge in [0.1, 0.15) is 5.75 Å². The molecule has 1 aromatic rings. The van der Waals surface area contributed by atoms with Gasteiger partial charge >= 0.3 is 0 Å². The summed E-state index contributed by atoms with van der Waals surface area (Å²) in [6, 6.07) is 8.85. The molecule has 3 nitrogen and oxygen atoms in total. The first-order chi connectivity index (χ1) is 10.3. The molecule has 1 atom stereocenters. The van der Waals surface area contributed by atoms with Crippen LogP contribution in [0.1, 0.15) is 57.1 Å². The molecule has 0 saturated carbocycles. The lowest BCUT2D eigenvalue weighted by Crippen LogP contribution is -2.31. The van der Waals surface area contributed by atoms with Crippen molar-refractivity contribution >= 4 is 0 Å². The van der Waals surface area contributed by atoms with Crippen molar-refractivity contribution in [1.82, 2.24) is 4.90 Å². The molecular weight excluding hydrogens is 260 g/mol. The molecule has 0 radical (unpaired) electrons. The molecule has 1 aromatic carbocycles. The number of hydrogen-bond donors (Lipinski definition) is 1. The van der Waals surface area contributed by atoms with Gasteiger partial charge in [0, 0.05) is 12.6 Å². The summed E-state index contributed by atoms with van der Waals surface area (Å²) in [4.78, 5) is 2.50. The number of nitrogens with two attached hydrogens (primary N) is 1. The lowest BCUT2D eigenvalue weighted by Gasteiger charge is -2.26. The molecule has 1 saturated heterocycles. The number of hydrogen-bond acceptors (Lipinski definition) is 3. The normalized spacial score (nSPS) is 17.0. The maximum atomic E-state index is 6.01. The predicted molar refractivity (Wildman–Crippen MR) is 88.7 cm³/mol. The molecule has 0 bridgehead atoms. The molecule has 2 N–H and O–H groups in total. The summed E-state index contributed by atoms with van der Waals surface area (Å²) in [5, 5.41) is 0. The Labute approximate surface area is 129 Å². The van der Waals surface area contributed by atoms with Crippen LogP contribution in [0.25, 0.3) is 0 Å². The fourth-order valence-electron chi connectivity index (χ4n) is 3.08. The maximum Gasteiger partial charge on any atom is 0.119 e. The van der Waals surface area contributed by atoms with E-state index in [0.29, 0.717) is 12.6 Å². The fraction of sp³-hybridized carbons (Fsp3) is 0.667. The van der Waals surface area contributed by atoms with Crippen LogP contribution in [-0.2, 0) is 0 Å². The van der Waals surface area contributed by atoms with Gasteiger partial charge in [-0.15, -0.1) is 0 Å². The summed E-state index contributed by atoms with van der Waals surface area (Å²) < 4.78 is 5.89. The topological polar surface area (TPSA) is 38.5 Å². The van der Waals surface area contributed by atoms with Crippen molar-refractivity contribution in [3.63, 3.8) is 0 Å². The molecule has 0 aromatic heterocycles. The number of unbranched alkanes of at least 4 members (excludes halogenated alkanes) is 3. The molecule has 0 amide bonds. The Morgan fingerprint density at radius 2 is 2.00 bits per heavy atom. The third kappa shape index (κ3) is 5.01. The average molecular weight is 290 g/mol. The number of rotatable bonds is 9. The van der Waals surface area contributed by atoms with Crippen molar-refractivity contribution < 1.29 is 4.74 Å². The SMILES string of the molecule is CCCCCCOc1cccc(C(CN)N2CCCC2)c1. The maximum absolute atomic E-state index is 6.01. The number of nitrogens with zero attached hydrogens (tertiary/aromatic N) is 1. The predicted octanol–water partition coefficient (Wildman–Crippen LogP) is 3.74. The van der Waals surface area contributed by atoms with Crippen LogP contribution < -0.4 is 10.5 Å². The highest BCUT2D eigenvalue weighted by Crippen LogP contribution is 2.26. The van der Waals surface area contributed by atoms with Gasteiger partial charge in [0.15, 0.2) is 0 Å². The van der Waals surface area contributed by atoms with E-state index >= 15 is 0 Å². The third-order valence-electron chi connectivity index (χ3n) is 4.31. The molecule has 21 heavy (non-hydrogen) atoms. The van der Waals surface area contributed by atoms with Crippen LogP contribution in [0.4, 0.5) is 0 Å². The van der Waals surface area contributed by atoms with Gasteiger partial charge in [-0.05, 0) is 50.0 Å². The Balaban J connectivity index is 1.89. The zero-order valence-corrected chi connectivity index (χ0v) is 13.4. The number of likely N-dealkylation sites (tertiary alicyclic amines) is 1. The van der Waals surface area contributed by atoms with Crippen molar-refractivity contribution in [3.8, 4) is 5.75 Å². The molecule has 1 unspecified atom stereocenters. The summed E-state index contributed by atoms with van der Waals surface area (Å²) in [6.45, 7) is 6.07. The zero-order chi connectivity index (χ0) is 14.9. The second-order valence-corrected chi connectivity index (χ2v) is 5.98. The highest BCUT2D eigenvalue weighted by Gasteiger charge is 2.22. The Hall–Kier alpha value is -1.06. The largest absolute Gasteiger partial charge is 0.494 e. The zero-order valence-electron chi connectivity index (χ0n) is 13.4. The van der Waals surface area contributed by atoms with Gasteiger partial charge < -0.3 is 10.5 Å². The lowest BCUT2D eigenvalue weighted by molar-refractivity contribution is 0.250. The van der Waals surface area contributed by atoms with Crippen LogP contribution in [0.15, 0.2) is 24.3 Å². The molecule has 2 rings (SSSR count). The summed E-state index contributed by atoms with van der Waals surface area (Å²) >= 11 is 0. The van der Waals surface area contributed by atoms with Gasteiger partial charge in [-0.1, -0.05) is 38.3 Å². The summed E-state index contributed by atoms with van der Waals surface area (Å²) in [5.41, 5.74) is 7.30. The average Bonchev–Trinajstić information content (AvgIpc) is 3.02. The Morgan fingerprint density at radius 1 is 1.19 bits per heavy atom. The van der Waals surface area contributed by atoms with E-state index in [-0.39, 0.29) is 0 Å². The molecule has 1 heterocycles. The second-order valence-electron chi connectivity index (χ2n) is 5.98. The molecule has 118 valence electrons. The van der Waals surface area contributed by atoms with Crippen molar-refractivity contribution in [2.24, 2.45) is 5.73 Å². The van der Waals surface area contributed by atoms with Crippen LogP contribution in [-0.4, -0.2) is 31.1 Å². The van der Waals surface area contributed by atoms with E-state index < -0.39 is 0 Å². The lowest BCUT2D eigenvalue weighted by atomic mass is 10.1. The van der Waals surface area contributed by atoms with E-state index in [1.54, 1.807) is 0 Å². The van der Waals surface area contributed by atoms with Gasteiger partial charge in [0.05, 0.1) is 6.61 Å². The standard InChI is InChI=1S/C18H30N2O/c1-2-3-4-7-13-21-17-10-8-9-16(14-17)18(15-19)20-11-5-6-12-20/h8-10,14,18H,2-7,11-13,15,19H2,1H3. The third-order valence-corrected chi connectivity index (χ3v) is 4.31.